The monoisotopic (exact) mass is 423 g/mol. The van der Waals surface area contributed by atoms with Gasteiger partial charge in [-0.05, 0) is 31.0 Å². The van der Waals surface area contributed by atoms with E-state index in [2.05, 4.69) is 29.5 Å². The summed E-state index contributed by atoms with van der Waals surface area (Å²) in [6.07, 6.45) is 6.27. The van der Waals surface area contributed by atoms with Crippen molar-refractivity contribution < 1.29 is 5.11 Å². The van der Waals surface area contributed by atoms with Crippen LogP contribution in [0.2, 0.25) is 0 Å². The molecule has 0 atom stereocenters. The number of benzene rings is 1. The van der Waals surface area contributed by atoms with E-state index >= 15 is 0 Å². The molecule has 1 N–H and O–H groups in total. The third-order valence-corrected chi connectivity index (χ3v) is 6.44. The molecule has 9 nitrogen and oxygen atoms in total. The summed E-state index contributed by atoms with van der Waals surface area (Å²) < 4.78 is 3.78. The SMILES string of the molecule is O=c1c2ccc(N3CCN(Cc4nnc5n4CCCCC5)CC3)cc2ncn1CCO. The molecule has 31 heavy (non-hydrogen) atoms. The molecule has 0 amide bonds. The average molecular weight is 424 g/mol. The largest absolute Gasteiger partial charge is 0.395 e. The summed E-state index contributed by atoms with van der Waals surface area (Å²) in [7, 11) is 0. The molecule has 0 unspecified atom stereocenters. The van der Waals surface area contributed by atoms with Crippen molar-refractivity contribution in [2.75, 3.05) is 37.7 Å². The zero-order valence-electron chi connectivity index (χ0n) is 17.8. The van der Waals surface area contributed by atoms with Crippen LogP contribution >= 0.6 is 0 Å². The quantitative estimate of drug-likeness (QED) is 0.655. The van der Waals surface area contributed by atoms with E-state index in [1.165, 1.54) is 30.2 Å². The summed E-state index contributed by atoms with van der Waals surface area (Å²) in [6.45, 7) is 5.86. The molecular weight excluding hydrogens is 394 g/mol. The van der Waals surface area contributed by atoms with Crippen LogP contribution in [0.5, 0.6) is 0 Å². The van der Waals surface area contributed by atoms with Gasteiger partial charge in [0.1, 0.15) is 11.6 Å². The third kappa shape index (κ3) is 4.07. The van der Waals surface area contributed by atoms with E-state index in [0.717, 1.165) is 63.0 Å². The number of nitrogens with zero attached hydrogens (tertiary/aromatic N) is 7. The van der Waals surface area contributed by atoms with Crippen LogP contribution in [-0.4, -0.2) is 67.1 Å². The molecule has 0 aliphatic carbocycles. The molecule has 0 bridgehead atoms. The normalized spacial score (nSPS) is 17.6. The van der Waals surface area contributed by atoms with Crippen LogP contribution in [0.4, 0.5) is 5.69 Å². The molecule has 164 valence electrons. The molecule has 0 saturated carbocycles. The first-order valence-corrected chi connectivity index (χ1v) is 11.2. The fraction of sp³-hybridized carbons (Fsp3) is 0.545. The second kappa shape index (κ2) is 8.76. The van der Waals surface area contributed by atoms with Crippen molar-refractivity contribution in [3.05, 3.63) is 46.5 Å². The van der Waals surface area contributed by atoms with Gasteiger partial charge in [0.25, 0.3) is 5.56 Å². The Balaban J connectivity index is 1.25. The molecule has 2 aromatic heterocycles. The standard InChI is InChI=1S/C22H29N7O2/c30-13-12-28-16-23-19-14-17(5-6-18(19)22(28)31)27-10-8-26(9-11-27)15-21-25-24-20-4-2-1-3-7-29(20)21/h5-6,14,16,30H,1-4,7-13,15H2. The van der Waals surface area contributed by atoms with Crippen molar-refractivity contribution in [2.24, 2.45) is 0 Å². The number of aliphatic hydroxyl groups excluding tert-OH is 1. The van der Waals surface area contributed by atoms with Crippen LogP contribution in [0.25, 0.3) is 10.9 Å². The molecule has 2 aliphatic rings. The van der Waals surface area contributed by atoms with Gasteiger partial charge in [0.05, 0.1) is 36.9 Å². The highest BCUT2D eigenvalue weighted by atomic mass is 16.3. The molecule has 9 heteroatoms. The summed E-state index contributed by atoms with van der Waals surface area (Å²) in [5.41, 5.74) is 1.68. The van der Waals surface area contributed by atoms with Crippen LogP contribution in [0.15, 0.2) is 29.3 Å². The van der Waals surface area contributed by atoms with Crippen LogP contribution in [-0.2, 0) is 26.1 Å². The number of aromatic nitrogens is 5. The summed E-state index contributed by atoms with van der Waals surface area (Å²) in [5.74, 6) is 2.24. The minimum absolute atomic E-state index is 0.0763. The lowest BCUT2D eigenvalue weighted by molar-refractivity contribution is 0.240. The lowest BCUT2D eigenvalue weighted by Gasteiger charge is -2.36. The highest BCUT2D eigenvalue weighted by molar-refractivity contribution is 5.81. The molecule has 1 aromatic carbocycles. The Morgan fingerprint density at radius 1 is 1.00 bits per heavy atom. The molecule has 3 aromatic rings. The number of aryl methyl sites for hydroxylation is 1. The van der Waals surface area contributed by atoms with Crippen LogP contribution in [0.3, 0.4) is 0 Å². The number of piperazine rings is 1. The first-order valence-electron chi connectivity index (χ1n) is 11.2. The Labute approximate surface area is 180 Å². The molecule has 1 fully saturated rings. The molecular formula is C22H29N7O2. The minimum atomic E-state index is -0.108. The Morgan fingerprint density at radius 2 is 1.87 bits per heavy atom. The van der Waals surface area contributed by atoms with Crippen molar-refractivity contribution in [3.8, 4) is 0 Å². The topological polar surface area (TPSA) is 92.3 Å². The number of hydrogen-bond donors (Lipinski definition) is 1. The molecule has 2 aliphatic heterocycles. The number of rotatable bonds is 5. The zero-order chi connectivity index (χ0) is 21.2. The average Bonchev–Trinajstić information content (AvgIpc) is 3.02. The van der Waals surface area contributed by atoms with Crippen LogP contribution < -0.4 is 10.5 Å². The fourth-order valence-electron chi connectivity index (χ4n) is 4.64. The van der Waals surface area contributed by atoms with Gasteiger partial charge in [-0.3, -0.25) is 14.3 Å². The van der Waals surface area contributed by atoms with Crippen molar-refractivity contribution in [1.82, 2.24) is 29.2 Å². The van der Waals surface area contributed by atoms with Crippen molar-refractivity contribution in [1.29, 1.82) is 0 Å². The van der Waals surface area contributed by atoms with Gasteiger partial charge in [-0.1, -0.05) is 6.42 Å². The van der Waals surface area contributed by atoms with Gasteiger partial charge in [-0.15, -0.1) is 10.2 Å². The van der Waals surface area contributed by atoms with E-state index in [4.69, 9.17) is 5.11 Å². The number of aliphatic hydroxyl groups is 1. The smallest absolute Gasteiger partial charge is 0.261 e. The lowest BCUT2D eigenvalue weighted by Crippen LogP contribution is -2.46. The first kappa shape index (κ1) is 20.1. The molecule has 4 heterocycles. The Morgan fingerprint density at radius 3 is 2.71 bits per heavy atom. The van der Waals surface area contributed by atoms with E-state index in [1.54, 1.807) is 0 Å². The van der Waals surface area contributed by atoms with E-state index in [9.17, 15) is 4.79 Å². The van der Waals surface area contributed by atoms with Gasteiger partial charge < -0.3 is 14.6 Å². The maximum absolute atomic E-state index is 12.5. The highest BCUT2D eigenvalue weighted by Gasteiger charge is 2.21. The first-order chi connectivity index (χ1) is 15.2. The zero-order valence-corrected chi connectivity index (χ0v) is 17.8. The number of hydrogen-bond acceptors (Lipinski definition) is 7. The summed E-state index contributed by atoms with van der Waals surface area (Å²) >= 11 is 0. The maximum Gasteiger partial charge on any atom is 0.261 e. The molecule has 0 spiro atoms. The predicted molar refractivity (Wildman–Crippen MR) is 118 cm³/mol. The third-order valence-electron chi connectivity index (χ3n) is 6.44. The van der Waals surface area contributed by atoms with Crippen molar-refractivity contribution in [2.45, 2.75) is 45.3 Å². The van der Waals surface area contributed by atoms with E-state index in [-0.39, 0.29) is 18.7 Å². The Kier molecular flexibility index (Phi) is 5.69. The second-order valence-electron chi connectivity index (χ2n) is 8.43. The van der Waals surface area contributed by atoms with E-state index in [1.807, 2.05) is 18.2 Å². The summed E-state index contributed by atoms with van der Waals surface area (Å²) in [6, 6.07) is 5.85. The van der Waals surface area contributed by atoms with Gasteiger partial charge in [-0.25, -0.2) is 4.98 Å². The maximum atomic E-state index is 12.5. The van der Waals surface area contributed by atoms with Crippen LogP contribution in [0.1, 0.15) is 30.9 Å². The number of anilines is 1. The molecule has 0 radical (unpaired) electrons. The van der Waals surface area contributed by atoms with Crippen LogP contribution in [0, 0.1) is 0 Å². The van der Waals surface area contributed by atoms with Gasteiger partial charge >= 0.3 is 0 Å². The van der Waals surface area contributed by atoms with Gasteiger partial charge in [-0.2, -0.15) is 0 Å². The molecule has 5 rings (SSSR count). The lowest BCUT2D eigenvalue weighted by atomic mass is 10.2. The summed E-state index contributed by atoms with van der Waals surface area (Å²) in [4.78, 5) is 21.7. The van der Waals surface area contributed by atoms with Gasteiger partial charge in [0.15, 0.2) is 0 Å². The van der Waals surface area contributed by atoms with Crippen molar-refractivity contribution >= 4 is 16.6 Å². The van der Waals surface area contributed by atoms with E-state index in [0.29, 0.717) is 10.9 Å². The van der Waals surface area contributed by atoms with E-state index < -0.39 is 0 Å². The number of fused-ring (bicyclic) bond motifs is 2. The van der Waals surface area contributed by atoms with Gasteiger partial charge in [0, 0.05) is 44.8 Å². The fourth-order valence-corrected chi connectivity index (χ4v) is 4.64. The summed E-state index contributed by atoms with van der Waals surface area (Å²) in [5, 5.41) is 18.6. The van der Waals surface area contributed by atoms with Gasteiger partial charge in [0.2, 0.25) is 0 Å². The predicted octanol–water partition coefficient (Wildman–Crippen LogP) is 1.03. The minimum Gasteiger partial charge on any atom is -0.395 e. The second-order valence-corrected chi connectivity index (χ2v) is 8.43. The highest BCUT2D eigenvalue weighted by Crippen LogP contribution is 2.21. The Bertz CT molecular complexity index is 1110. The molecule has 1 saturated heterocycles. The van der Waals surface area contributed by atoms with Crippen molar-refractivity contribution in [3.63, 3.8) is 0 Å². The Hall–Kier alpha value is -2.78.